The monoisotopic (exact) mass is 164 g/mol. The SMILES string of the molecule is CO[P+](=S)N1CCCC1. The van der Waals surface area contributed by atoms with Gasteiger partial charge in [0.1, 0.15) is 0 Å². The minimum absolute atomic E-state index is 0.663. The van der Waals surface area contributed by atoms with E-state index in [2.05, 4.69) is 4.67 Å². The third kappa shape index (κ3) is 1.94. The van der Waals surface area contributed by atoms with Gasteiger partial charge in [0, 0.05) is 13.1 Å². The number of nitrogens with zero attached hydrogens (tertiary/aromatic N) is 1. The Kier molecular flexibility index (Phi) is 2.99. The molecule has 1 aliphatic rings. The highest BCUT2D eigenvalue weighted by Crippen LogP contribution is 2.30. The summed E-state index contributed by atoms with van der Waals surface area (Å²) in [4.78, 5) is 0. The van der Waals surface area contributed by atoms with Crippen LogP contribution in [0.5, 0.6) is 0 Å². The predicted molar refractivity (Wildman–Crippen MR) is 42.1 cm³/mol. The van der Waals surface area contributed by atoms with Gasteiger partial charge in [-0.2, -0.15) is 4.52 Å². The first-order chi connectivity index (χ1) is 4.34. The minimum Gasteiger partial charge on any atom is -0.156 e. The first-order valence-electron chi connectivity index (χ1n) is 3.11. The fourth-order valence-corrected chi connectivity index (χ4v) is 2.31. The Morgan fingerprint density at radius 3 is 2.44 bits per heavy atom. The van der Waals surface area contributed by atoms with E-state index in [-0.39, 0.29) is 0 Å². The third-order valence-corrected chi connectivity index (χ3v) is 3.78. The molecule has 9 heavy (non-hydrogen) atoms. The maximum absolute atomic E-state index is 5.07. The van der Waals surface area contributed by atoms with Crippen LogP contribution in [-0.4, -0.2) is 24.9 Å². The van der Waals surface area contributed by atoms with Gasteiger partial charge >= 0.3 is 7.07 Å². The molecule has 0 radical (unpaired) electrons. The van der Waals surface area contributed by atoms with Crippen LogP contribution in [0.1, 0.15) is 12.8 Å². The van der Waals surface area contributed by atoms with Gasteiger partial charge in [-0.3, -0.25) is 0 Å². The van der Waals surface area contributed by atoms with Gasteiger partial charge in [-0.05, 0) is 12.8 Å². The molecule has 1 saturated heterocycles. The standard InChI is InChI=1S/C5H11NOPS/c1-7-8(9)6-4-2-3-5-6/h2-5H2,1H3/q+1. The molecule has 0 aromatic rings. The van der Waals surface area contributed by atoms with Gasteiger partial charge < -0.3 is 0 Å². The molecule has 1 heterocycles. The van der Waals surface area contributed by atoms with Crippen LogP contribution in [0.15, 0.2) is 0 Å². The zero-order valence-electron chi connectivity index (χ0n) is 5.54. The van der Waals surface area contributed by atoms with E-state index in [9.17, 15) is 0 Å². The lowest BCUT2D eigenvalue weighted by Gasteiger charge is -1.98. The lowest BCUT2D eigenvalue weighted by molar-refractivity contribution is 0.415. The Hall–Kier alpha value is 0.440. The number of hydrogen-bond acceptors (Lipinski definition) is 2. The Balaban J connectivity index is 2.32. The summed E-state index contributed by atoms with van der Waals surface area (Å²) in [5, 5.41) is 0. The fraction of sp³-hybridized carbons (Fsp3) is 1.00. The van der Waals surface area contributed by atoms with E-state index < -0.39 is 7.07 Å². The summed E-state index contributed by atoms with van der Waals surface area (Å²) in [7, 11) is 1.03. The Bertz CT molecular complexity index is 114. The summed E-state index contributed by atoms with van der Waals surface area (Å²) >= 11 is 5.07. The van der Waals surface area contributed by atoms with Crippen molar-refractivity contribution in [2.24, 2.45) is 0 Å². The molecule has 0 amide bonds. The summed E-state index contributed by atoms with van der Waals surface area (Å²) in [5.74, 6) is 0. The summed E-state index contributed by atoms with van der Waals surface area (Å²) in [6.07, 6.45) is 2.58. The molecule has 2 nitrogen and oxygen atoms in total. The van der Waals surface area contributed by atoms with E-state index in [1.54, 1.807) is 7.11 Å². The van der Waals surface area contributed by atoms with Crippen LogP contribution in [0.3, 0.4) is 0 Å². The van der Waals surface area contributed by atoms with Crippen LogP contribution in [0.2, 0.25) is 0 Å². The van der Waals surface area contributed by atoms with E-state index in [1.165, 1.54) is 12.8 Å². The summed E-state index contributed by atoms with van der Waals surface area (Å²) in [5.41, 5.74) is 0. The molecule has 0 N–H and O–H groups in total. The van der Waals surface area contributed by atoms with Crippen LogP contribution in [-0.2, 0) is 16.3 Å². The fourth-order valence-electron chi connectivity index (χ4n) is 0.979. The summed E-state index contributed by atoms with van der Waals surface area (Å²) < 4.78 is 7.28. The van der Waals surface area contributed by atoms with Crippen molar-refractivity contribution >= 4 is 18.9 Å². The van der Waals surface area contributed by atoms with Gasteiger partial charge in [0.05, 0.1) is 7.11 Å². The topological polar surface area (TPSA) is 12.5 Å². The summed E-state index contributed by atoms with van der Waals surface area (Å²) in [6.45, 7) is 2.28. The van der Waals surface area contributed by atoms with E-state index >= 15 is 0 Å². The molecule has 0 spiro atoms. The molecule has 1 atom stereocenters. The second-order valence-electron chi connectivity index (χ2n) is 2.08. The average Bonchev–Trinajstić information content (AvgIpc) is 2.37. The van der Waals surface area contributed by atoms with Crippen molar-refractivity contribution in [3.63, 3.8) is 0 Å². The zero-order valence-corrected chi connectivity index (χ0v) is 7.25. The molecule has 1 rings (SSSR count). The van der Waals surface area contributed by atoms with Crippen LogP contribution in [0.4, 0.5) is 0 Å². The average molecular weight is 164 g/mol. The van der Waals surface area contributed by atoms with Gasteiger partial charge in [-0.25, -0.2) is 0 Å². The van der Waals surface area contributed by atoms with Crippen molar-refractivity contribution in [3.05, 3.63) is 0 Å². The van der Waals surface area contributed by atoms with Crippen molar-refractivity contribution in [2.75, 3.05) is 20.2 Å². The third-order valence-electron chi connectivity index (χ3n) is 1.47. The molecule has 4 heteroatoms. The van der Waals surface area contributed by atoms with Gasteiger partial charge in [0.25, 0.3) is 0 Å². The Morgan fingerprint density at radius 1 is 1.44 bits per heavy atom. The maximum atomic E-state index is 5.07. The predicted octanol–water partition coefficient (Wildman–Crippen LogP) is 1.50. The quantitative estimate of drug-likeness (QED) is 0.574. The van der Waals surface area contributed by atoms with Crippen molar-refractivity contribution in [2.45, 2.75) is 12.8 Å². The van der Waals surface area contributed by atoms with E-state index in [0.29, 0.717) is 0 Å². The minimum atomic E-state index is -0.663. The molecule has 52 valence electrons. The van der Waals surface area contributed by atoms with Crippen LogP contribution in [0.25, 0.3) is 0 Å². The van der Waals surface area contributed by atoms with E-state index in [1.807, 2.05) is 0 Å². The molecule has 0 aromatic carbocycles. The lowest BCUT2D eigenvalue weighted by atomic mass is 10.4. The van der Waals surface area contributed by atoms with Crippen molar-refractivity contribution in [3.8, 4) is 0 Å². The highest BCUT2D eigenvalue weighted by Gasteiger charge is 2.26. The Morgan fingerprint density at radius 2 is 2.00 bits per heavy atom. The highest BCUT2D eigenvalue weighted by atomic mass is 32.4. The largest absolute Gasteiger partial charge is 0.441 e. The molecule has 1 unspecified atom stereocenters. The molecule has 0 saturated carbocycles. The molecule has 0 aromatic heterocycles. The Labute approximate surface area is 61.7 Å². The number of rotatable bonds is 2. The number of hydrogen-bond donors (Lipinski definition) is 0. The zero-order chi connectivity index (χ0) is 6.69. The smallest absolute Gasteiger partial charge is 0.156 e. The summed E-state index contributed by atoms with van der Waals surface area (Å²) in [6, 6.07) is 0. The second kappa shape index (κ2) is 3.57. The molecular formula is C5H11NOPS+. The molecule has 1 aliphatic heterocycles. The van der Waals surface area contributed by atoms with E-state index in [4.69, 9.17) is 16.3 Å². The normalized spacial score (nSPS) is 22.6. The first kappa shape index (κ1) is 7.55. The molecular weight excluding hydrogens is 153 g/mol. The second-order valence-corrected chi connectivity index (χ2v) is 4.42. The van der Waals surface area contributed by atoms with Crippen LogP contribution >= 0.6 is 7.07 Å². The van der Waals surface area contributed by atoms with Crippen LogP contribution in [0, 0.1) is 0 Å². The molecule has 1 fully saturated rings. The van der Waals surface area contributed by atoms with Gasteiger partial charge in [0.15, 0.2) is 0 Å². The van der Waals surface area contributed by atoms with Crippen LogP contribution < -0.4 is 0 Å². The van der Waals surface area contributed by atoms with Gasteiger partial charge in [0.2, 0.25) is 11.8 Å². The van der Waals surface area contributed by atoms with Crippen molar-refractivity contribution in [1.82, 2.24) is 4.67 Å². The highest BCUT2D eigenvalue weighted by molar-refractivity contribution is 8.01. The van der Waals surface area contributed by atoms with Gasteiger partial charge in [-0.15, -0.1) is 0 Å². The van der Waals surface area contributed by atoms with Crippen molar-refractivity contribution in [1.29, 1.82) is 0 Å². The lowest BCUT2D eigenvalue weighted by Crippen LogP contribution is -2.08. The van der Waals surface area contributed by atoms with Gasteiger partial charge in [-0.1, -0.05) is 4.67 Å². The molecule has 0 bridgehead atoms. The molecule has 0 aliphatic carbocycles. The first-order valence-corrected chi connectivity index (χ1v) is 5.33. The maximum Gasteiger partial charge on any atom is 0.441 e. The van der Waals surface area contributed by atoms with Crippen molar-refractivity contribution < 1.29 is 4.52 Å². The van der Waals surface area contributed by atoms with E-state index in [0.717, 1.165) is 13.1 Å².